The van der Waals surface area contributed by atoms with Crippen LogP contribution in [0.1, 0.15) is 22.8 Å². The minimum Gasteiger partial charge on any atom is -0.319 e. The first-order valence-corrected chi connectivity index (χ1v) is 6.49. The lowest BCUT2D eigenvalue weighted by molar-refractivity contribution is 0.102. The number of amides is 1. The van der Waals surface area contributed by atoms with Crippen molar-refractivity contribution in [1.29, 1.82) is 0 Å². The van der Waals surface area contributed by atoms with Crippen LogP contribution >= 0.6 is 15.9 Å². The number of hydrogen-bond donors (Lipinski definition) is 1. The largest absolute Gasteiger partial charge is 0.319 e. The van der Waals surface area contributed by atoms with Crippen molar-refractivity contribution in [3.05, 3.63) is 46.2 Å². The van der Waals surface area contributed by atoms with E-state index in [4.69, 9.17) is 0 Å². The van der Waals surface area contributed by atoms with Crippen molar-refractivity contribution in [2.24, 2.45) is 0 Å². The van der Waals surface area contributed by atoms with Gasteiger partial charge in [0, 0.05) is 17.2 Å². The molecule has 0 saturated carbocycles. The molecule has 94 valence electrons. The highest BCUT2D eigenvalue weighted by molar-refractivity contribution is 9.10. The first-order valence-electron chi connectivity index (χ1n) is 5.70. The molecule has 4 nitrogen and oxygen atoms in total. The number of halogens is 1. The maximum Gasteiger partial charge on any atom is 0.256 e. The number of carbonyl (C=O) groups is 1. The Hall–Kier alpha value is -1.62. The molecule has 0 aliphatic carbocycles. The molecule has 2 rings (SSSR count). The number of aryl methyl sites for hydroxylation is 2. The third-order valence-corrected chi connectivity index (χ3v) is 3.27. The van der Waals surface area contributed by atoms with Gasteiger partial charge in [-0.25, -0.2) is 0 Å². The van der Waals surface area contributed by atoms with Gasteiger partial charge in [-0.15, -0.1) is 0 Å². The molecule has 0 bridgehead atoms. The second-order valence-electron chi connectivity index (χ2n) is 4.02. The van der Waals surface area contributed by atoms with Crippen molar-refractivity contribution in [2.45, 2.75) is 20.4 Å². The number of nitrogens with zero attached hydrogens (tertiary/aromatic N) is 2. The van der Waals surface area contributed by atoms with Crippen molar-refractivity contribution < 1.29 is 4.79 Å². The van der Waals surface area contributed by atoms with Crippen LogP contribution in [0.3, 0.4) is 0 Å². The molecule has 1 aromatic carbocycles. The highest BCUT2D eigenvalue weighted by Gasteiger charge is 2.11. The number of rotatable bonds is 3. The van der Waals surface area contributed by atoms with Crippen LogP contribution in [-0.4, -0.2) is 15.7 Å². The zero-order chi connectivity index (χ0) is 13.1. The summed E-state index contributed by atoms with van der Waals surface area (Å²) in [5.41, 5.74) is 2.38. The summed E-state index contributed by atoms with van der Waals surface area (Å²) in [7, 11) is 0. The fraction of sp³-hybridized carbons (Fsp3) is 0.231. The molecule has 18 heavy (non-hydrogen) atoms. The monoisotopic (exact) mass is 307 g/mol. The smallest absolute Gasteiger partial charge is 0.256 e. The second kappa shape index (κ2) is 5.35. The molecule has 1 aromatic heterocycles. The van der Waals surface area contributed by atoms with E-state index in [1.165, 1.54) is 0 Å². The average molecular weight is 308 g/mol. The summed E-state index contributed by atoms with van der Waals surface area (Å²) >= 11 is 3.38. The molecule has 5 heteroatoms. The van der Waals surface area contributed by atoms with Gasteiger partial charge < -0.3 is 5.32 Å². The molecular formula is C13H14BrN3O. The van der Waals surface area contributed by atoms with Gasteiger partial charge in [0.15, 0.2) is 0 Å². The van der Waals surface area contributed by atoms with Crippen LogP contribution in [0.2, 0.25) is 0 Å². The van der Waals surface area contributed by atoms with Gasteiger partial charge in [0.2, 0.25) is 0 Å². The highest BCUT2D eigenvalue weighted by Crippen LogP contribution is 2.19. The molecule has 2 aromatic rings. The average Bonchev–Trinajstić information content (AvgIpc) is 2.80. The third kappa shape index (κ3) is 2.79. The van der Waals surface area contributed by atoms with Gasteiger partial charge in [0.25, 0.3) is 5.91 Å². The maximum absolute atomic E-state index is 12.1. The quantitative estimate of drug-likeness (QED) is 0.946. The molecule has 0 radical (unpaired) electrons. The number of hydrogen-bond acceptors (Lipinski definition) is 2. The molecule has 0 aliphatic rings. The van der Waals surface area contributed by atoms with Crippen molar-refractivity contribution in [1.82, 2.24) is 9.78 Å². The standard InChI is InChI=1S/C13H14BrN3O/c1-3-17-8-10(7-15-17)16-13(18)11-6-9(2)4-5-12(11)14/h4-8H,3H2,1-2H3,(H,16,18). The number of aromatic nitrogens is 2. The van der Waals surface area contributed by atoms with E-state index in [0.29, 0.717) is 11.3 Å². The van der Waals surface area contributed by atoms with Gasteiger partial charge >= 0.3 is 0 Å². The molecule has 1 heterocycles. The lowest BCUT2D eigenvalue weighted by atomic mass is 10.1. The Morgan fingerprint density at radius 1 is 1.50 bits per heavy atom. The maximum atomic E-state index is 12.1. The minimum absolute atomic E-state index is 0.138. The van der Waals surface area contributed by atoms with E-state index in [-0.39, 0.29) is 5.91 Å². The number of nitrogens with one attached hydrogen (secondary N) is 1. The summed E-state index contributed by atoms with van der Waals surface area (Å²) in [4.78, 5) is 12.1. The van der Waals surface area contributed by atoms with E-state index < -0.39 is 0 Å². The van der Waals surface area contributed by atoms with Gasteiger partial charge in [-0.3, -0.25) is 9.48 Å². The van der Waals surface area contributed by atoms with Crippen LogP contribution in [0.15, 0.2) is 35.1 Å². The van der Waals surface area contributed by atoms with E-state index in [1.54, 1.807) is 10.9 Å². The second-order valence-corrected chi connectivity index (χ2v) is 4.88. The van der Waals surface area contributed by atoms with Gasteiger partial charge in [0.05, 0.1) is 17.4 Å². The normalized spacial score (nSPS) is 10.4. The summed E-state index contributed by atoms with van der Waals surface area (Å²) in [5.74, 6) is -0.138. The van der Waals surface area contributed by atoms with Crippen LogP contribution in [0.5, 0.6) is 0 Å². The van der Waals surface area contributed by atoms with Gasteiger partial charge in [-0.2, -0.15) is 5.10 Å². The summed E-state index contributed by atoms with van der Waals surface area (Å²) in [6.07, 6.45) is 3.45. The Bertz CT molecular complexity index is 577. The van der Waals surface area contributed by atoms with Crippen molar-refractivity contribution in [2.75, 3.05) is 5.32 Å². The van der Waals surface area contributed by atoms with E-state index >= 15 is 0 Å². The van der Waals surface area contributed by atoms with Crippen LogP contribution < -0.4 is 5.32 Å². The summed E-state index contributed by atoms with van der Waals surface area (Å²) in [5, 5.41) is 6.94. The van der Waals surface area contributed by atoms with Gasteiger partial charge in [-0.05, 0) is 41.9 Å². The number of benzene rings is 1. The lowest BCUT2D eigenvalue weighted by Gasteiger charge is -2.05. The minimum atomic E-state index is -0.138. The molecule has 0 atom stereocenters. The predicted octanol–water partition coefficient (Wildman–Crippen LogP) is 3.23. The van der Waals surface area contributed by atoms with E-state index in [1.807, 2.05) is 38.2 Å². The Morgan fingerprint density at radius 2 is 2.28 bits per heavy atom. The Labute approximate surface area is 114 Å². The van der Waals surface area contributed by atoms with Gasteiger partial charge in [-0.1, -0.05) is 11.6 Å². The predicted molar refractivity (Wildman–Crippen MR) is 74.7 cm³/mol. The molecular weight excluding hydrogens is 294 g/mol. The summed E-state index contributed by atoms with van der Waals surface area (Å²) < 4.78 is 2.55. The van der Waals surface area contributed by atoms with Crippen LogP contribution in [0.25, 0.3) is 0 Å². The lowest BCUT2D eigenvalue weighted by Crippen LogP contribution is -2.12. The van der Waals surface area contributed by atoms with E-state index in [9.17, 15) is 4.79 Å². The van der Waals surface area contributed by atoms with Crippen LogP contribution in [-0.2, 0) is 6.54 Å². The Balaban J connectivity index is 2.19. The Morgan fingerprint density at radius 3 is 2.94 bits per heavy atom. The van der Waals surface area contributed by atoms with Crippen LogP contribution in [0.4, 0.5) is 5.69 Å². The molecule has 0 fully saturated rings. The highest BCUT2D eigenvalue weighted by atomic mass is 79.9. The van der Waals surface area contributed by atoms with Crippen molar-refractivity contribution >= 4 is 27.5 Å². The SMILES string of the molecule is CCn1cc(NC(=O)c2cc(C)ccc2Br)cn1. The molecule has 0 unspecified atom stereocenters. The fourth-order valence-corrected chi connectivity index (χ4v) is 2.04. The summed E-state index contributed by atoms with van der Waals surface area (Å²) in [6, 6.07) is 5.68. The molecule has 1 N–H and O–H groups in total. The first-order chi connectivity index (χ1) is 8.60. The Kier molecular flexibility index (Phi) is 3.81. The molecule has 0 aliphatic heterocycles. The van der Waals surface area contributed by atoms with Crippen molar-refractivity contribution in [3.8, 4) is 0 Å². The topological polar surface area (TPSA) is 46.9 Å². The zero-order valence-electron chi connectivity index (χ0n) is 10.3. The van der Waals surface area contributed by atoms with E-state index in [0.717, 1.165) is 16.6 Å². The molecule has 0 saturated heterocycles. The van der Waals surface area contributed by atoms with E-state index in [2.05, 4.69) is 26.3 Å². The molecule has 1 amide bonds. The van der Waals surface area contributed by atoms with Crippen molar-refractivity contribution in [3.63, 3.8) is 0 Å². The first kappa shape index (κ1) is 12.8. The number of anilines is 1. The fourth-order valence-electron chi connectivity index (χ4n) is 1.61. The molecule has 0 spiro atoms. The zero-order valence-corrected chi connectivity index (χ0v) is 11.9. The van der Waals surface area contributed by atoms with Crippen LogP contribution in [0, 0.1) is 6.92 Å². The third-order valence-electron chi connectivity index (χ3n) is 2.58. The number of carbonyl (C=O) groups excluding carboxylic acids is 1. The van der Waals surface area contributed by atoms with Gasteiger partial charge in [0.1, 0.15) is 0 Å². The summed E-state index contributed by atoms with van der Waals surface area (Å²) in [6.45, 7) is 4.73.